The highest BCUT2D eigenvalue weighted by molar-refractivity contribution is 5.15. The van der Waals surface area contributed by atoms with E-state index in [1.54, 1.807) is 0 Å². The molecule has 90 valence electrons. The Labute approximate surface area is 103 Å². The van der Waals surface area contributed by atoms with E-state index >= 15 is 0 Å². The van der Waals surface area contributed by atoms with Gasteiger partial charge in [-0.05, 0) is 5.56 Å². The fourth-order valence-electron chi connectivity index (χ4n) is 2.27. The van der Waals surface area contributed by atoms with Gasteiger partial charge >= 0.3 is 0 Å². The molecule has 1 aliphatic rings. The van der Waals surface area contributed by atoms with Gasteiger partial charge in [0.25, 0.3) is 5.54 Å². The summed E-state index contributed by atoms with van der Waals surface area (Å²) in [6, 6.07) is 10.4. The molecule has 0 saturated carbocycles. The lowest BCUT2D eigenvalue weighted by Gasteiger charge is -2.32. The number of aliphatic hydroxyl groups is 1. The molecule has 2 rings (SSSR count). The number of piperidine rings is 1. The molecule has 3 heteroatoms. The van der Waals surface area contributed by atoms with E-state index in [9.17, 15) is 5.11 Å². The van der Waals surface area contributed by atoms with Crippen LogP contribution in [-0.4, -0.2) is 35.2 Å². The quantitative estimate of drug-likeness (QED) is 0.804. The maximum absolute atomic E-state index is 9.29. The summed E-state index contributed by atoms with van der Waals surface area (Å²) in [6.07, 6.45) is 1.56. The summed E-state index contributed by atoms with van der Waals surface area (Å²) in [5.41, 5.74) is 0.805. The molecule has 1 aliphatic heterocycles. The normalized spacial score (nSPS) is 19.8. The van der Waals surface area contributed by atoms with Crippen LogP contribution in [0.4, 0.5) is 0 Å². The Morgan fingerprint density at radius 2 is 1.88 bits per heavy atom. The van der Waals surface area contributed by atoms with Gasteiger partial charge < -0.3 is 9.95 Å². The van der Waals surface area contributed by atoms with Gasteiger partial charge in [0.05, 0.1) is 0 Å². The van der Waals surface area contributed by atoms with Gasteiger partial charge in [0.15, 0.2) is 0 Å². The molecular weight excluding hydrogens is 212 g/mol. The van der Waals surface area contributed by atoms with Crippen molar-refractivity contribution in [1.82, 2.24) is 4.90 Å². The Kier molecular flexibility index (Phi) is 3.78. The average molecular weight is 230 g/mol. The first-order valence-corrected chi connectivity index (χ1v) is 6.04. The molecule has 1 aromatic rings. The highest BCUT2D eigenvalue weighted by Crippen LogP contribution is 2.26. The standard InChI is InChI=1S/C14H18N2O/c1-15-14(12-17)7-9-16(10-8-14)11-13-5-3-2-4-6-13/h2-6,17H,7-12H2. The van der Waals surface area contributed by atoms with Crippen molar-refractivity contribution in [2.75, 3.05) is 19.7 Å². The fourth-order valence-corrected chi connectivity index (χ4v) is 2.27. The van der Waals surface area contributed by atoms with E-state index in [0.29, 0.717) is 0 Å². The molecular formula is C14H18N2O. The third-order valence-corrected chi connectivity index (χ3v) is 3.57. The first kappa shape index (κ1) is 12.1. The van der Waals surface area contributed by atoms with Crippen LogP contribution in [0.15, 0.2) is 30.3 Å². The molecule has 0 amide bonds. The summed E-state index contributed by atoms with van der Waals surface area (Å²) in [5, 5.41) is 9.29. The summed E-state index contributed by atoms with van der Waals surface area (Å²) in [6.45, 7) is 9.92. The molecule has 0 unspecified atom stereocenters. The minimum absolute atomic E-state index is 0.00429. The Bertz CT molecular complexity index is 388. The summed E-state index contributed by atoms with van der Waals surface area (Å²) < 4.78 is 0. The second-order valence-electron chi connectivity index (χ2n) is 4.76. The van der Waals surface area contributed by atoms with Crippen LogP contribution in [0.25, 0.3) is 4.85 Å². The van der Waals surface area contributed by atoms with Crippen molar-refractivity contribution in [2.45, 2.75) is 24.9 Å². The van der Waals surface area contributed by atoms with E-state index in [-0.39, 0.29) is 6.61 Å². The van der Waals surface area contributed by atoms with Gasteiger partial charge in [0, 0.05) is 32.5 Å². The number of likely N-dealkylation sites (tertiary alicyclic amines) is 1. The first-order chi connectivity index (χ1) is 8.28. The molecule has 1 saturated heterocycles. The summed E-state index contributed by atoms with van der Waals surface area (Å²) in [4.78, 5) is 5.97. The monoisotopic (exact) mass is 230 g/mol. The lowest BCUT2D eigenvalue weighted by molar-refractivity contribution is 0.124. The number of nitrogens with zero attached hydrogens (tertiary/aromatic N) is 2. The summed E-state index contributed by atoms with van der Waals surface area (Å²) in [7, 11) is 0. The molecule has 0 aromatic heterocycles. The van der Waals surface area contributed by atoms with Crippen molar-refractivity contribution in [3.05, 3.63) is 47.3 Å². The number of aliphatic hydroxyl groups excluding tert-OH is 1. The second-order valence-corrected chi connectivity index (χ2v) is 4.76. The largest absolute Gasteiger partial charge is 0.388 e. The van der Waals surface area contributed by atoms with E-state index in [2.05, 4.69) is 34.0 Å². The van der Waals surface area contributed by atoms with Gasteiger partial charge in [-0.25, -0.2) is 6.57 Å². The van der Waals surface area contributed by atoms with Crippen LogP contribution >= 0.6 is 0 Å². The summed E-state index contributed by atoms with van der Waals surface area (Å²) >= 11 is 0. The van der Waals surface area contributed by atoms with E-state index in [1.807, 2.05) is 6.07 Å². The van der Waals surface area contributed by atoms with Crippen LogP contribution in [0.2, 0.25) is 0 Å². The number of hydrogen-bond donors (Lipinski definition) is 1. The molecule has 17 heavy (non-hydrogen) atoms. The average Bonchev–Trinajstić information content (AvgIpc) is 2.41. The Hall–Kier alpha value is -1.37. The van der Waals surface area contributed by atoms with Gasteiger partial charge in [-0.15, -0.1) is 0 Å². The van der Waals surface area contributed by atoms with Gasteiger partial charge in [-0.2, -0.15) is 0 Å². The molecule has 1 N–H and O–H groups in total. The molecule has 3 nitrogen and oxygen atoms in total. The smallest absolute Gasteiger partial charge is 0.257 e. The number of benzene rings is 1. The van der Waals surface area contributed by atoms with Gasteiger partial charge in [0.2, 0.25) is 0 Å². The zero-order valence-electron chi connectivity index (χ0n) is 9.97. The third kappa shape index (κ3) is 2.85. The van der Waals surface area contributed by atoms with Crippen LogP contribution in [-0.2, 0) is 6.54 Å². The van der Waals surface area contributed by atoms with E-state index < -0.39 is 5.54 Å². The van der Waals surface area contributed by atoms with Gasteiger partial charge in [-0.1, -0.05) is 30.3 Å². The van der Waals surface area contributed by atoms with Gasteiger partial charge in [-0.3, -0.25) is 4.90 Å². The molecule has 0 bridgehead atoms. The summed E-state index contributed by atoms with van der Waals surface area (Å²) in [5.74, 6) is 0. The molecule has 1 fully saturated rings. The number of rotatable bonds is 3. The van der Waals surface area contributed by atoms with Crippen LogP contribution in [0.1, 0.15) is 18.4 Å². The minimum Gasteiger partial charge on any atom is -0.388 e. The van der Waals surface area contributed by atoms with Crippen LogP contribution in [0.5, 0.6) is 0 Å². The number of hydrogen-bond acceptors (Lipinski definition) is 2. The molecule has 0 spiro atoms. The second kappa shape index (κ2) is 5.31. The van der Waals surface area contributed by atoms with Crippen molar-refractivity contribution in [3.8, 4) is 0 Å². The van der Waals surface area contributed by atoms with Crippen molar-refractivity contribution in [2.24, 2.45) is 0 Å². The van der Waals surface area contributed by atoms with Crippen molar-refractivity contribution in [3.63, 3.8) is 0 Å². The van der Waals surface area contributed by atoms with Crippen molar-refractivity contribution < 1.29 is 5.11 Å². The Morgan fingerprint density at radius 1 is 1.24 bits per heavy atom. The molecule has 0 atom stereocenters. The van der Waals surface area contributed by atoms with E-state index in [0.717, 1.165) is 32.5 Å². The maximum atomic E-state index is 9.29. The van der Waals surface area contributed by atoms with Crippen LogP contribution in [0, 0.1) is 6.57 Å². The Balaban J connectivity index is 1.90. The zero-order valence-corrected chi connectivity index (χ0v) is 9.97. The lowest BCUT2D eigenvalue weighted by atomic mass is 9.89. The highest BCUT2D eigenvalue weighted by Gasteiger charge is 2.39. The van der Waals surface area contributed by atoms with Gasteiger partial charge in [0.1, 0.15) is 6.61 Å². The Morgan fingerprint density at radius 3 is 2.41 bits per heavy atom. The maximum Gasteiger partial charge on any atom is 0.257 e. The highest BCUT2D eigenvalue weighted by atomic mass is 16.3. The fraction of sp³-hybridized carbons (Fsp3) is 0.500. The molecule has 0 radical (unpaired) electrons. The van der Waals surface area contributed by atoms with Crippen molar-refractivity contribution >= 4 is 0 Å². The molecule has 1 heterocycles. The molecule has 0 aliphatic carbocycles. The van der Waals surface area contributed by atoms with Crippen LogP contribution in [0.3, 0.4) is 0 Å². The predicted molar refractivity (Wildman–Crippen MR) is 67.4 cm³/mol. The molecule has 1 aromatic carbocycles. The zero-order chi connectivity index (χ0) is 12.1. The SMILES string of the molecule is [C-]#[N+]C1(CO)CCN(Cc2ccccc2)CC1. The predicted octanol–water partition coefficient (Wildman–Crippen LogP) is 1.93. The van der Waals surface area contributed by atoms with E-state index in [1.165, 1.54) is 5.56 Å². The van der Waals surface area contributed by atoms with E-state index in [4.69, 9.17) is 6.57 Å². The topological polar surface area (TPSA) is 27.8 Å². The lowest BCUT2D eigenvalue weighted by Crippen LogP contribution is -2.44. The third-order valence-electron chi connectivity index (χ3n) is 3.57. The van der Waals surface area contributed by atoms with Crippen molar-refractivity contribution in [1.29, 1.82) is 0 Å². The first-order valence-electron chi connectivity index (χ1n) is 6.04. The minimum atomic E-state index is -0.507. The van der Waals surface area contributed by atoms with Crippen LogP contribution < -0.4 is 0 Å².